The Morgan fingerprint density at radius 3 is 2.58 bits per heavy atom. The minimum atomic E-state index is -0.112. The normalized spacial score (nSPS) is 16.5. The molecule has 0 saturated heterocycles. The van der Waals surface area contributed by atoms with Crippen LogP contribution in [-0.2, 0) is 13.1 Å². The molecule has 3 aromatic carbocycles. The predicted octanol–water partition coefficient (Wildman–Crippen LogP) is 7.09. The Balaban J connectivity index is 1.39. The molecule has 6 heteroatoms. The highest BCUT2D eigenvalue weighted by atomic mass is 35.5. The summed E-state index contributed by atoms with van der Waals surface area (Å²) >= 11 is 12.4. The number of fused-ring (bicyclic) bond motifs is 3. The van der Waals surface area contributed by atoms with Crippen LogP contribution in [0.3, 0.4) is 0 Å². The Morgan fingerprint density at radius 2 is 1.85 bits per heavy atom. The van der Waals surface area contributed by atoms with Crippen LogP contribution in [0.4, 0.5) is 0 Å². The fourth-order valence-electron chi connectivity index (χ4n) is 4.13. The summed E-state index contributed by atoms with van der Waals surface area (Å²) in [5.41, 5.74) is 4.58. The van der Waals surface area contributed by atoms with Gasteiger partial charge in [-0.25, -0.2) is 0 Å². The van der Waals surface area contributed by atoms with Gasteiger partial charge in [-0.15, -0.1) is 0 Å². The lowest BCUT2D eigenvalue weighted by Gasteiger charge is -2.30. The molecule has 0 amide bonds. The summed E-state index contributed by atoms with van der Waals surface area (Å²) in [5.74, 6) is 1.99. The maximum atomic E-state index is 13.0. The van der Waals surface area contributed by atoms with Gasteiger partial charge in [-0.1, -0.05) is 67.4 Å². The van der Waals surface area contributed by atoms with Crippen molar-refractivity contribution in [3.8, 4) is 11.5 Å². The second kappa shape index (κ2) is 8.86. The first-order valence-corrected chi connectivity index (χ1v) is 11.6. The number of ketones is 1. The average Bonchev–Trinajstić information content (AvgIpc) is 3.12. The third-order valence-electron chi connectivity index (χ3n) is 5.99. The number of halogens is 2. The summed E-state index contributed by atoms with van der Waals surface area (Å²) in [7, 11) is 0. The number of allylic oxidation sites excluding steroid dienone is 1. The van der Waals surface area contributed by atoms with Crippen LogP contribution in [0, 0.1) is 0 Å². The second-order valence-corrected chi connectivity index (χ2v) is 9.52. The molecule has 0 aromatic heterocycles. The van der Waals surface area contributed by atoms with Crippen molar-refractivity contribution in [2.45, 2.75) is 32.9 Å². The van der Waals surface area contributed by atoms with Gasteiger partial charge in [-0.3, -0.25) is 9.69 Å². The minimum Gasteiger partial charge on any atom is -0.478 e. The van der Waals surface area contributed by atoms with E-state index >= 15 is 0 Å². The summed E-state index contributed by atoms with van der Waals surface area (Å²) in [6.07, 6.45) is 1.80. The van der Waals surface area contributed by atoms with Crippen molar-refractivity contribution in [3.63, 3.8) is 0 Å². The summed E-state index contributed by atoms with van der Waals surface area (Å²) in [4.78, 5) is 15.1. The lowest BCUT2D eigenvalue weighted by Crippen LogP contribution is -2.31. The van der Waals surface area contributed by atoms with Crippen LogP contribution in [0.5, 0.6) is 11.5 Å². The van der Waals surface area contributed by atoms with Crippen LogP contribution >= 0.6 is 23.2 Å². The Morgan fingerprint density at radius 1 is 1.06 bits per heavy atom. The summed E-state index contributed by atoms with van der Waals surface area (Å²) in [6, 6.07) is 17.3. The monoisotopic (exact) mass is 479 g/mol. The molecule has 33 heavy (non-hydrogen) atoms. The van der Waals surface area contributed by atoms with E-state index in [2.05, 4.69) is 30.9 Å². The van der Waals surface area contributed by atoms with Crippen LogP contribution in [0.15, 0.2) is 60.4 Å². The maximum absolute atomic E-state index is 13.0. The molecule has 2 heterocycles. The van der Waals surface area contributed by atoms with E-state index in [1.54, 1.807) is 18.2 Å². The van der Waals surface area contributed by atoms with Crippen molar-refractivity contribution in [2.24, 2.45) is 0 Å². The highest BCUT2D eigenvalue weighted by Crippen LogP contribution is 2.42. The number of rotatable bonds is 4. The van der Waals surface area contributed by atoms with Crippen LogP contribution in [0.2, 0.25) is 10.0 Å². The number of carbonyl (C=O) groups is 1. The summed E-state index contributed by atoms with van der Waals surface area (Å²) in [5, 5.41) is 1.22. The van der Waals surface area contributed by atoms with Gasteiger partial charge >= 0.3 is 0 Å². The summed E-state index contributed by atoms with van der Waals surface area (Å²) in [6.45, 7) is 5.91. The fraction of sp³-hybridized carbons (Fsp3) is 0.222. The van der Waals surface area contributed by atoms with Gasteiger partial charge in [-0.05, 0) is 52.9 Å². The Kier molecular flexibility index (Phi) is 5.92. The lowest BCUT2D eigenvalue weighted by atomic mass is 10.0. The van der Waals surface area contributed by atoms with Crippen LogP contribution in [0.25, 0.3) is 6.08 Å². The molecule has 0 aliphatic carbocycles. The van der Waals surface area contributed by atoms with E-state index in [1.807, 2.05) is 30.3 Å². The van der Waals surface area contributed by atoms with Gasteiger partial charge in [0.2, 0.25) is 5.78 Å². The molecule has 0 N–H and O–H groups in total. The minimum absolute atomic E-state index is 0.112. The van der Waals surface area contributed by atoms with Gasteiger partial charge in [0.25, 0.3) is 0 Å². The first-order chi connectivity index (χ1) is 15.9. The Labute approximate surface area is 203 Å². The zero-order valence-electron chi connectivity index (χ0n) is 18.4. The molecular weight excluding hydrogens is 457 g/mol. The largest absolute Gasteiger partial charge is 0.478 e. The number of Topliss-reactive ketones (excluding diaryl/α,β-unsaturated/α-hetero) is 1. The highest BCUT2D eigenvalue weighted by molar-refractivity contribution is 6.35. The molecule has 0 atom stereocenters. The number of benzene rings is 3. The molecule has 168 valence electrons. The predicted molar refractivity (Wildman–Crippen MR) is 131 cm³/mol. The number of carbonyl (C=O) groups excluding carboxylic acids is 1. The van der Waals surface area contributed by atoms with E-state index in [4.69, 9.17) is 32.7 Å². The van der Waals surface area contributed by atoms with E-state index in [9.17, 15) is 4.79 Å². The molecule has 2 aliphatic heterocycles. The molecule has 0 fully saturated rings. The van der Waals surface area contributed by atoms with Gasteiger partial charge in [0.15, 0.2) is 5.76 Å². The molecule has 2 aliphatic rings. The maximum Gasteiger partial charge on any atom is 0.231 e. The lowest BCUT2D eigenvalue weighted by molar-refractivity contribution is 0.0873. The molecule has 0 unspecified atom stereocenters. The number of nitrogens with zero attached hydrogens (tertiary/aromatic N) is 1. The van der Waals surface area contributed by atoms with Gasteiger partial charge in [0.1, 0.15) is 18.2 Å². The van der Waals surface area contributed by atoms with Gasteiger partial charge in [-0.2, -0.15) is 0 Å². The van der Waals surface area contributed by atoms with Crippen molar-refractivity contribution in [1.82, 2.24) is 4.90 Å². The van der Waals surface area contributed by atoms with Crippen molar-refractivity contribution < 1.29 is 14.3 Å². The van der Waals surface area contributed by atoms with Gasteiger partial charge in [0, 0.05) is 23.1 Å². The smallest absolute Gasteiger partial charge is 0.231 e. The molecule has 5 rings (SSSR count). The first-order valence-electron chi connectivity index (χ1n) is 10.9. The topological polar surface area (TPSA) is 38.8 Å². The van der Waals surface area contributed by atoms with Crippen LogP contribution < -0.4 is 9.47 Å². The van der Waals surface area contributed by atoms with Gasteiger partial charge < -0.3 is 9.47 Å². The van der Waals surface area contributed by atoms with E-state index in [1.165, 1.54) is 5.56 Å². The average molecular weight is 480 g/mol. The first kappa shape index (κ1) is 22.0. The quantitative estimate of drug-likeness (QED) is 0.374. The van der Waals surface area contributed by atoms with Gasteiger partial charge in [0.05, 0.1) is 11.1 Å². The van der Waals surface area contributed by atoms with Crippen molar-refractivity contribution >= 4 is 35.1 Å². The molecule has 4 nitrogen and oxygen atoms in total. The van der Waals surface area contributed by atoms with Crippen LogP contribution in [0.1, 0.15) is 52.4 Å². The number of ether oxygens (including phenoxy) is 2. The molecular formula is C27H23Cl2NO3. The third-order valence-corrected chi connectivity index (χ3v) is 6.58. The number of hydrogen-bond acceptors (Lipinski definition) is 4. The molecule has 0 bridgehead atoms. The molecule has 3 aromatic rings. The van der Waals surface area contributed by atoms with E-state index < -0.39 is 0 Å². The van der Waals surface area contributed by atoms with E-state index in [0.717, 1.165) is 22.4 Å². The highest BCUT2D eigenvalue weighted by Gasteiger charge is 2.33. The fourth-order valence-corrected chi connectivity index (χ4v) is 4.59. The molecule has 0 spiro atoms. The zero-order valence-corrected chi connectivity index (χ0v) is 19.9. The molecule has 0 saturated carbocycles. The zero-order chi connectivity index (χ0) is 23.1. The van der Waals surface area contributed by atoms with Crippen molar-refractivity contribution in [3.05, 3.63) is 98.2 Å². The third kappa shape index (κ3) is 4.39. The SMILES string of the molecule is CC(C)c1ccc(/C=C2\Oc3c(ccc4c3CN(Cc3ccc(Cl)cc3Cl)CO4)C2=O)cc1. The Hall–Kier alpha value is -2.79. The van der Waals surface area contributed by atoms with Crippen molar-refractivity contribution in [2.75, 3.05) is 6.73 Å². The second-order valence-electron chi connectivity index (χ2n) is 8.68. The molecule has 0 radical (unpaired) electrons. The van der Waals surface area contributed by atoms with E-state index in [0.29, 0.717) is 52.9 Å². The Bertz CT molecular complexity index is 1270. The van der Waals surface area contributed by atoms with E-state index in [-0.39, 0.29) is 5.78 Å². The standard InChI is InChI=1S/C27H23Cl2NO3/c1-16(2)18-5-3-17(4-6-18)11-25-26(31)21-9-10-24-22(27(21)33-25)14-30(15-32-24)13-19-7-8-20(28)12-23(19)29/h3-12,16H,13-15H2,1-2H3/b25-11-. The number of hydrogen-bond donors (Lipinski definition) is 0. The van der Waals surface area contributed by atoms with Crippen molar-refractivity contribution in [1.29, 1.82) is 0 Å². The van der Waals surface area contributed by atoms with Crippen LogP contribution in [-0.4, -0.2) is 17.4 Å². The summed E-state index contributed by atoms with van der Waals surface area (Å²) < 4.78 is 12.1.